The molecule has 0 aliphatic carbocycles. The Morgan fingerprint density at radius 3 is 2.73 bits per heavy atom. The monoisotopic (exact) mass is 415 g/mol. The smallest absolute Gasteiger partial charge is 0.262 e. The molecule has 5 nitrogen and oxygen atoms in total. The fourth-order valence-electron chi connectivity index (χ4n) is 4.11. The summed E-state index contributed by atoms with van der Waals surface area (Å²) in [5, 5.41) is 0.557. The summed E-state index contributed by atoms with van der Waals surface area (Å²) in [7, 11) is 0. The summed E-state index contributed by atoms with van der Waals surface area (Å²) in [5.41, 5.74) is 3.01. The number of hydrogen-bond acceptors (Lipinski definition) is 4. The number of benzene rings is 2. The molecule has 0 saturated heterocycles. The largest absolute Gasteiger partial charge is 0.308 e. The van der Waals surface area contributed by atoms with Gasteiger partial charge in [0.2, 0.25) is 5.91 Å². The van der Waals surface area contributed by atoms with Gasteiger partial charge in [0.1, 0.15) is 11.4 Å². The number of anilines is 1. The van der Waals surface area contributed by atoms with Crippen molar-refractivity contribution >= 4 is 33.1 Å². The van der Waals surface area contributed by atoms with Crippen LogP contribution in [0, 0.1) is 0 Å². The van der Waals surface area contributed by atoms with Gasteiger partial charge in [-0.1, -0.05) is 48.5 Å². The van der Waals surface area contributed by atoms with Crippen LogP contribution in [0.2, 0.25) is 0 Å². The van der Waals surface area contributed by atoms with Gasteiger partial charge < -0.3 is 4.90 Å². The molecule has 0 fully saturated rings. The summed E-state index contributed by atoms with van der Waals surface area (Å²) >= 11 is 1.49. The maximum atomic E-state index is 13.2. The number of para-hydroxylation sites is 1. The molecule has 1 aliphatic heterocycles. The Balaban J connectivity index is 1.48. The predicted molar refractivity (Wildman–Crippen MR) is 121 cm³/mol. The Morgan fingerprint density at radius 2 is 1.90 bits per heavy atom. The molecule has 150 valence electrons. The summed E-state index contributed by atoms with van der Waals surface area (Å²) in [6, 6.07) is 19.9. The number of amides is 1. The SMILES string of the molecule is C[C@@H]1CCc2ccccc2N1C(=O)Cn1cnc2sc(-c3ccccc3)cc2c1=O. The highest BCUT2D eigenvalue weighted by Crippen LogP contribution is 2.32. The van der Waals surface area contributed by atoms with E-state index >= 15 is 0 Å². The lowest BCUT2D eigenvalue weighted by molar-refractivity contribution is -0.119. The first kappa shape index (κ1) is 18.8. The lowest BCUT2D eigenvalue weighted by Crippen LogP contribution is -2.44. The third-order valence-corrected chi connectivity index (χ3v) is 6.77. The Labute approximate surface area is 178 Å². The van der Waals surface area contributed by atoms with E-state index in [4.69, 9.17) is 0 Å². The molecule has 6 heteroatoms. The van der Waals surface area contributed by atoms with Crippen LogP contribution in [-0.4, -0.2) is 21.5 Å². The summed E-state index contributed by atoms with van der Waals surface area (Å²) < 4.78 is 1.43. The normalized spacial score (nSPS) is 15.9. The number of nitrogens with zero attached hydrogens (tertiary/aromatic N) is 3. The minimum absolute atomic E-state index is 0.0169. The van der Waals surface area contributed by atoms with Crippen LogP contribution in [-0.2, 0) is 17.8 Å². The molecule has 1 aliphatic rings. The average molecular weight is 416 g/mol. The predicted octanol–water partition coefficient (Wildman–Crippen LogP) is 4.49. The molecule has 0 bridgehead atoms. The fourth-order valence-corrected chi connectivity index (χ4v) is 5.10. The summed E-state index contributed by atoms with van der Waals surface area (Å²) in [6.45, 7) is 2.04. The Bertz CT molecular complexity index is 1290. The second-order valence-electron chi connectivity index (χ2n) is 7.65. The topological polar surface area (TPSA) is 55.2 Å². The average Bonchev–Trinajstić information content (AvgIpc) is 3.21. The number of rotatable bonds is 3. The molecule has 0 unspecified atom stereocenters. The minimum atomic E-state index is -0.176. The van der Waals surface area contributed by atoms with Crippen molar-refractivity contribution in [3.05, 3.63) is 82.9 Å². The van der Waals surface area contributed by atoms with Crippen LogP contribution < -0.4 is 10.5 Å². The van der Waals surface area contributed by atoms with Crippen LogP contribution in [0.25, 0.3) is 20.7 Å². The van der Waals surface area contributed by atoms with Crippen molar-refractivity contribution in [3.63, 3.8) is 0 Å². The fraction of sp³-hybridized carbons (Fsp3) is 0.208. The van der Waals surface area contributed by atoms with Crippen LogP contribution in [0.1, 0.15) is 18.9 Å². The molecule has 0 saturated carbocycles. The highest BCUT2D eigenvalue weighted by molar-refractivity contribution is 7.21. The highest BCUT2D eigenvalue weighted by Gasteiger charge is 2.28. The van der Waals surface area contributed by atoms with Gasteiger partial charge in [-0.25, -0.2) is 4.98 Å². The van der Waals surface area contributed by atoms with Crippen molar-refractivity contribution in [3.8, 4) is 10.4 Å². The maximum absolute atomic E-state index is 13.2. The van der Waals surface area contributed by atoms with Crippen molar-refractivity contribution in [1.82, 2.24) is 9.55 Å². The van der Waals surface area contributed by atoms with Crippen LogP contribution in [0.5, 0.6) is 0 Å². The van der Waals surface area contributed by atoms with E-state index in [1.165, 1.54) is 27.8 Å². The molecule has 3 heterocycles. The molecule has 2 aromatic heterocycles. The zero-order valence-corrected chi connectivity index (χ0v) is 17.4. The summed E-state index contributed by atoms with van der Waals surface area (Å²) in [4.78, 5) is 34.3. The Kier molecular flexibility index (Phi) is 4.71. The molecule has 0 spiro atoms. The van der Waals surface area contributed by atoms with Gasteiger partial charge in [-0.3, -0.25) is 14.2 Å². The standard InChI is InChI=1S/C24H21N3O2S/c1-16-11-12-17-7-5-6-10-20(17)27(16)22(28)14-26-15-25-23-19(24(26)29)13-21(30-23)18-8-3-2-4-9-18/h2-10,13,15-16H,11-12,14H2,1H3/t16-/m1/s1. The van der Waals surface area contributed by atoms with Crippen LogP contribution >= 0.6 is 11.3 Å². The third-order valence-electron chi connectivity index (χ3n) is 5.67. The van der Waals surface area contributed by atoms with Crippen molar-refractivity contribution < 1.29 is 4.79 Å². The van der Waals surface area contributed by atoms with E-state index in [0.29, 0.717) is 10.2 Å². The lowest BCUT2D eigenvalue weighted by atomic mass is 9.96. The van der Waals surface area contributed by atoms with E-state index in [9.17, 15) is 9.59 Å². The van der Waals surface area contributed by atoms with Gasteiger partial charge in [-0.15, -0.1) is 11.3 Å². The lowest BCUT2D eigenvalue weighted by Gasteiger charge is -2.35. The number of carbonyl (C=O) groups excluding carboxylic acids is 1. The van der Waals surface area contributed by atoms with Gasteiger partial charge in [-0.2, -0.15) is 0 Å². The molecule has 0 N–H and O–H groups in total. The zero-order chi connectivity index (χ0) is 20.7. The first-order valence-corrected chi connectivity index (χ1v) is 10.9. The van der Waals surface area contributed by atoms with Crippen LogP contribution in [0.15, 0.2) is 71.8 Å². The number of fused-ring (bicyclic) bond motifs is 2. The van der Waals surface area contributed by atoms with Gasteiger partial charge >= 0.3 is 0 Å². The van der Waals surface area contributed by atoms with Gasteiger partial charge in [0.25, 0.3) is 5.56 Å². The second kappa shape index (κ2) is 7.54. The molecule has 0 radical (unpaired) electrons. The molecular weight excluding hydrogens is 394 g/mol. The first-order chi connectivity index (χ1) is 14.6. The van der Waals surface area contributed by atoms with Gasteiger partial charge in [-0.05, 0) is 43.0 Å². The maximum Gasteiger partial charge on any atom is 0.262 e. The molecular formula is C24H21N3O2S. The van der Waals surface area contributed by atoms with Crippen molar-refractivity contribution in [2.75, 3.05) is 4.90 Å². The minimum Gasteiger partial charge on any atom is -0.308 e. The number of carbonyl (C=O) groups is 1. The van der Waals surface area contributed by atoms with Crippen molar-refractivity contribution in [2.45, 2.75) is 32.4 Å². The van der Waals surface area contributed by atoms with E-state index in [2.05, 4.69) is 18.0 Å². The molecule has 1 atom stereocenters. The van der Waals surface area contributed by atoms with Gasteiger partial charge in [0.05, 0.1) is 11.7 Å². The highest BCUT2D eigenvalue weighted by atomic mass is 32.1. The molecule has 30 heavy (non-hydrogen) atoms. The molecule has 4 aromatic rings. The van der Waals surface area contributed by atoms with Gasteiger partial charge in [0.15, 0.2) is 0 Å². The number of thiophene rings is 1. The van der Waals surface area contributed by atoms with E-state index in [1.807, 2.05) is 59.5 Å². The number of aromatic nitrogens is 2. The molecule has 5 rings (SSSR count). The quantitative estimate of drug-likeness (QED) is 0.495. The number of aryl methyl sites for hydroxylation is 1. The van der Waals surface area contributed by atoms with Crippen molar-refractivity contribution in [1.29, 1.82) is 0 Å². The first-order valence-electron chi connectivity index (χ1n) is 10.1. The molecule has 1 amide bonds. The Morgan fingerprint density at radius 1 is 1.13 bits per heavy atom. The second-order valence-corrected chi connectivity index (χ2v) is 8.68. The number of hydrogen-bond donors (Lipinski definition) is 0. The van der Waals surface area contributed by atoms with E-state index in [-0.39, 0.29) is 24.1 Å². The van der Waals surface area contributed by atoms with Gasteiger partial charge in [0, 0.05) is 16.6 Å². The van der Waals surface area contributed by atoms with E-state index in [1.54, 1.807) is 0 Å². The van der Waals surface area contributed by atoms with Crippen LogP contribution in [0.3, 0.4) is 0 Å². The van der Waals surface area contributed by atoms with Crippen molar-refractivity contribution in [2.24, 2.45) is 0 Å². The summed E-state index contributed by atoms with van der Waals surface area (Å²) in [5.74, 6) is -0.0867. The van der Waals surface area contributed by atoms with E-state index in [0.717, 1.165) is 29.0 Å². The zero-order valence-electron chi connectivity index (χ0n) is 16.6. The third kappa shape index (κ3) is 3.23. The summed E-state index contributed by atoms with van der Waals surface area (Å²) in [6.07, 6.45) is 3.38. The molecule has 2 aromatic carbocycles. The Hall–Kier alpha value is -3.25. The van der Waals surface area contributed by atoms with Crippen LogP contribution in [0.4, 0.5) is 5.69 Å². The van der Waals surface area contributed by atoms with E-state index < -0.39 is 0 Å².